The second-order valence-electron chi connectivity index (χ2n) is 8.35. The normalized spacial score (nSPS) is 18.2. The monoisotopic (exact) mass is 430 g/mol. The van der Waals surface area contributed by atoms with Gasteiger partial charge in [-0.2, -0.15) is 0 Å². The van der Waals surface area contributed by atoms with Crippen LogP contribution in [0.3, 0.4) is 0 Å². The third-order valence-electron chi connectivity index (χ3n) is 6.15. The molecule has 4 aromatic rings. The highest BCUT2D eigenvalue weighted by Gasteiger charge is 2.25. The number of nitrogens with zero attached hydrogens (tertiary/aromatic N) is 6. The van der Waals surface area contributed by atoms with E-state index in [1.54, 1.807) is 34.8 Å². The Morgan fingerprint density at radius 1 is 0.938 bits per heavy atom. The Bertz CT molecular complexity index is 1320. The van der Waals surface area contributed by atoms with Gasteiger partial charge in [0.1, 0.15) is 11.6 Å². The number of anilines is 2. The lowest BCUT2D eigenvalue weighted by Crippen LogP contribution is -2.22. The van der Waals surface area contributed by atoms with Crippen molar-refractivity contribution in [2.24, 2.45) is 7.05 Å². The zero-order chi connectivity index (χ0) is 22.2. The number of aromatic nitrogens is 6. The largest absolute Gasteiger partial charge is 0.367 e. The zero-order valence-corrected chi connectivity index (χ0v) is 18.4. The first kappa shape index (κ1) is 20.2. The fraction of sp³-hybridized carbons (Fsp3) is 0.348. The number of rotatable bonds is 5. The summed E-state index contributed by atoms with van der Waals surface area (Å²) in [6.07, 6.45) is 8.29. The molecule has 4 aromatic heterocycles. The van der Waals surface area contributed by atoms with E-state index in [9.17, 15) is 4.79 Å². The van der Waals surface area contributed by atoms with Crippen LogP contribution >= 0.6 is 0 Å². The molecule has 0 bridgehead atoms. The van der Waals surface area contributed by atoms with Gasteiger partial charge in [0.25, 0.3) is 0 Å². The molecule has 5 rings (SSSR count). The first-order valence-corrected chi connectivity index (χ1v) is 10.8. The molecule has 0 amide bonds. The van der Waals surface area contributed by atoms with Gasteiger partial charge in [0.15, 0.2) is 5.65 Å². The van der Waals surface area contributed by atoms with Crippen LogP contribution in [0.4, 0.5) is 11.6 Å². The first-order chi connectivity index (χ1) is 15.5. The van der Waals surface area contributed by atoms with Crippen LogP contribution in [0.15, 0.2) is 47.7 Å². The third kappa shape index (κ3) is 3.70. The number of aryl methyl sites for hydroxylation is 3. The fourth-order valence-electron chi connectivity index (χ4n) is 4.28. The zero-order valence-electron chi connectivity index (χ0n) is 18.4. The van der Waals surface area contributed by atoms with Gasteiger partial charge in [-0.3, -0.25) is 9.55 Å². The molecule has 164 valence electrons. The van der Waals surface area contributed by atoms with E-state index >= 15 is 0 Å². The van der Waals surface area contributed by atoms with Crippen molar-refractivity contribution in [2.45, 2.75) is 45.2 Å². The van der Waals surface area contributed by atoms with Crippen LogP contribution in [-0.2, 0) is 7.05 Å². The molecule has 4 heterocycles. The Kier molecular flexibility index (Phi) is 5.08. The molecule has 2 atom stereocenters. The summed E-state index contributed by atoms with van der Waals surface area (Å²) in [6.45, 7) is 3.94. The molecule has 1 saturated carbocycles. The highest BCUT2D eigenvalue weighted by molar-refractivity contribution is 5.73. The lowest BCUT2D eigenvalue weighted by Gasteiger charge is -2.16. The van der Waals surface area contributed by atoms with Gasteiger partial charge in [0.05, 0.1) is 35.0 Å². The summed E-state index contributed by atoms with van der Waals surface area (Å²) in [4.78, 5) is 30.6. The van der Waals surface area contributed by atoms with Crippen molar-refractivity contribution in [2.75, 3.05) is 10.6 Å². The molecule has 0 saturated heterocycles. The van der Waals surface area contributed by atoms with Gasteiger partial charge in [0.2, 0.25) is 0 Å². The molecule has 9 heteroatoms. The number of imidazole rings is 1. The molecule has 0 aliphatic heterocycles. The molecule has 32 heavy (non-hydrogen) atoms. The summed E-state index contributed by atoms with van der Waals surface area (Å²) >= 11 is 0. The number of fused-ring (bicyclic) bond motifs is 1. The van der Waals surface area contributed by atoms with Gasteiger partial charge in [-0.1, -0.05) is 0 Å². The molecule has 2 N–H and O–H groups in total. The first-order valence-electron chi connectivity index (χ1n) is 10.8. The lowest BCUT2D eigenvalue weighted by atomic mass is 10.2. The van der Waals surface area contributed by atoms with E-state index in [1.165, 1.54) is 0 Å². The highest BCUT2D eigenvalue weighted by Crippen LogP contribution is 2.25. The van der Waals surface area contributed by atoms with Gasteiger partial charge in [-0.05, 0) is 57.4 Å². The molecular weight excluding hydrogens is 404 g/mol. The van der Waals surface area contributed by atoms with Crippen LogP contribution in [0.5, 0.6) is 0 Å². The standard InChI is InChI=1S/C23H26N8O/c1-14-15(2)27-21(13-25-14)29-17-7-6-16(11-17)28-20-9-8-18(12-26-20)31-22-19(5-4-10-24-22)30(3)23(31)32/h4-5,8-10,12-13,16-17H,6-7,11H2,1-3H3,(H,26,28)(H,27,29)/t16-,17-/m0/s1. The fourth-order valence-corrected chi connectivity index (χ4v) is 4.28. The van der Waals surface area contributed by atoms with E-state index in [0.29, 0.717) is 23.4 Å². The number of pyridine rings is 2. The van der Waals surface area contributed by atoms with E-state index in [2.05, 4.69) is 30.6 Å². The van der Waals surface area contributed by atoms with Gasteiger partial charge in [-0.25, -0.2) is 24.3 Å². The Balaban J connectivity index is 1.26. The van der Waals surface area contributed by atoms with Crippen LogP contribution in [0.1, 0.15) is 30.7 Å². The van der Waals surface area contributed by atoms with E-state index in [4.69, 9.17) is 0 Å². The van der Waals surface area contributed by atoms with Gasteiger partial charge in [-0.15, -0.1) is 0 Å². The summed E-state index contributed by atoms with van der Waals surface area (Å²) in [5.74, 6) is 1.63. The van der Waals surface area contributed by atoms with Crippen LogP contribution in [-0.4, -0.2) is 41.2 Å². The predicted octanol–water partition coefficient (Wildman–Crippen LogP) is 2.97. The topological polar surface area (TPSA) is 103 Å². The van der Waals surface area contributed by atoms with Crippen molar-refractivity contribution in [3.05, 3.63) is 64.7 Å². The van der Waals surface area contributed by atoms with Crippen molar-refractivity contribution < 1.29 is 0 Å². The second-order valence-corrected chi connectivity index (χ2v) is 8.35. The van der Waals surface area contributed by atoms with Gasteiger partial charge in [0, 0.05) is 25.3 Å². The summed E-state index contributed by atoms with van der Waals surface area (Å²) in [7, 11) is 1.75. The highest BCUT2D eigenvalue weighted by atomic mass is 16.1. The number of nitrogens with one attached hydrogen (secondary N) is 2. The minimum absolute atomic E-state index is 0.139. The molecule has 1 aliphatic rings. The Morgan fingerprint density at radius 3 is 2.44 bits per heavy atom. The Labute approximate surface area is 185 Å². The van der Waals surface area contributed by atoms with Crippen LogP contribution in [0, 0.1) is 13.8 Å². The molecule has 1 aliphatic carbocycles. The predicted molar refractivity (Wildman–Crippen MR) is 124 cm³/mol. The molecular formula is C23H26N8O. The number of hydrogen-bond donors (Lipinski definition) is 2. The third-order valence-corrected chi connectivity index (χ3v) is 6.15. The maximum Gasteiger partial charge on any atom is 0.334 e. The van der Waals surface area contributed by atoms with Crippen molar-refractivity contribution in [1.82, 2.24) is 29.1 Å². The quantitative estimate of drug-likeness (QED) is 0.502. The van der Waals surface area contributed by atoms with Crippen molar-refractivity contribution >= 4 is 22.8 Å². The number of hydrogen-bond acceptors (Lipinski definition) is 7. The second kappa shape index (κ2) is 8.07. The minimum Gasteiger partial charge on any atom is -0.367 e. The van der Waals surface area contributed by atoms with Crippen molar-refractivity contribution in [3.63, 3.8) is 0 Å². The summed E-state index contributed by atoms with van der Waals surface area (Å²) in [5, 5.41) is 7.02. The van der Waals surface area contributed by atoms with Crippen molar-refractivity contribution in [1.29, 1.82) is 0 Å². The average molecular weight is 431 g/mol. The average Bonchev–Trinajstić information content (AvgIpc) is 3.34. The Hall–Kier alpha value is -3.75. The van der Waals surface area contributed by atoms with Crippen molar-refractivity contribution in [3.8, 4) is 5.69 Å². The minimum atomic E-state index is -0.139. The summed E-state index contributed by atoms with van der Waals surface area (Å²) < 4.78 is 3.19. The van der Waals surface area contributed by atoms with Gasteiger partial charge >= 0.3 is 5.69 Å². The molecule has 0 unspecified atom stereocenters. The van der Waals surface area contributed by atoms with E-state index in [0.717, 1.165) is 47.8 Å². The molecule has 0 radical (unpaired) electrons. The Morgan fingerprint density at radius 2 is 1.72 bits per heavy atom. The lowest BCUT2D eigenvalue weighted by molar-refractivity contribution is 0.718. The van der Waals surface area contributed by atoms with E-state index < -0.39 is 0 Å². The van der Waals surface area contributed by atoms with Crippen LogP contribution < -0.4 is 16.3 Å². The molecule has 9 nitrogen and oxygen atoms in total. The summed E-state index contributed by atoms with van der Waals surface area (Å²) in [6, 6.07) is 8.21. The molecule has 0 spiro atoms. The molecule has 0 aromatic carbocycles. The SMILES string of the molecule is Cc1ncc(N[C@H]2CC[C@H](Nc3ccc(-n4c(=O)n(C)c5cccnc54)cn3)C2)nc1C. The maximum atomic E-state index is 12.7. The smallest absolute Gasteiger partial charge is 0.334 e. The molecule has 1 fully saturated rings. The van der Waals surface area contributed by atoms with Crippen LogP contribution in [0.25, 0.3) is 16.9 Å². The maximum absolute atomic E-state index is 12.7. The van der Waals surface area contributed by atoms with E-state index in [1.807, 2.05) is 38.1 Å². The van der Waals surface area contributed by atoms with E-state index in [-0.39, 0.29) is 5.69 Å². The van der Waals surface area contributed by atoms with Gasteiger partial charge < -0.3 is 10.6 Å². The van der Waals surface area contributed by atoms with Crippen LogP contribution in [0.2, 0.25) is 0 Å². The summed E-state index contributed by atoms with van der Waals surface area (Å²) in [5.41, 5.74) is 3.88.